The van der Waals surface area contributed by atoms with E-state index in [9.17, 15) is 0 Å². The predicted molar refractivity (Wildman–Crippen MR) is 64.4 cm³/mol. The second-order valence-electron chi connectivity index (χ2n) is 4.74. The fourth-order valence-electron chi connectivity index (χ4n) is 2.44. The van der Waals surface area contributed by atoms with Gasteiger partial charge in [-0.15, -0.1) is 0 Å². The standard InChI is InChI=1S/C13H16N2/c1-8-3-10-6-13-11(4-9(2)15-13)5-12(10)14-7-8/h4-6,8,14-15H,3,7H2,1-2H3/t8-/m0/s1. The monoisotopic (exact) mass is 200 g/mol. The Morgan fingerprint density at radius 3 is 3.00 bits per heavy atom. The number of hydrogen-bond acceptors (Lipinski definition) is 1. The summed E-state index contributed by atoms with van der Waals surface area (Å²) in [6, 6.07) is 6.76. The van der Waals surface area contributed by atoms with Crippen molar-refractivity contribution < 1.29 is 0 Å². The van der Waals surface area contributed by atoms with Gasteiger partial charge in [0.1, 0.15) is 0 Å². The molecule has 0 fully saturated rings. The number of benzene rings is 1. The highest BCUT2D eigenvalue weighted by atomic mass is 14.9. The van der Waals surface area contributed by atoms with Gasteiger partial charge in [-0.25, -0.2) is 0 Å². The molecule has 1 aliphatic heterocycles. The van der Waals surface area contributed by atoms with Gasteiger partial charge in [-0.2, -0.15) is 0 Å². The normalized spacial score (nSPS) is 20.0. The molecule has 2 heteroatoms. The molecule has 0 unspecified atom stereocenters. The zero-order valence-corrected chi connectivity index (χ0v) is 9.22. The molecule has 2 N–H and O–H groups in total. The Morgan fingerprint density at radius 2 is 2.13 bits per heavy atom. The molecular weight excluding hydrogens is 184 g/mol. The summed E-state index contributed by atoms with van der Waals surface area (Å²) in [5.74, 6) is 0.742. The van der Waals surface area contributed by atoms with Crippen LogP contribution in [0.2, 0.25) is 0 Å². The van der Waals surface area contributed by atoms with Crippen LogP contribution in [-0.4, -0.2) is 11.5 Å². The summed E-state index contributed by atoms with van der Waals surface area (Å²) in [5.41, 5.74) is 5.27. The summed E-state index contributed by atoms with van der Waals surface area (Å²) in [6.45, 7) is 5.50. The topological polar surface area (TPSA) is 27.8 Å². The summed E-state index contributed by atoms with van der Waals surface area (Å²) < 4.78 is 0. The molecule has 15 heavy (non-hydrogen) atoms. The largest absolute Gasteiger partial charge is 0.385 e. The Morgan fingerprint density at radius 1 is 1.27 bits per heavy atom. The lowest BCUT2D eigenvalue weighted by molar-refractivity contribution is 0.595. The molecule has 0 saturated heterocycles. The van der Waals surface area contributed by atoms with Gasteiger partial charge < -0.3 is 10.3 Å². The lowest BCUT2D eigenvalue weighted by atomic mass is 9.95. The molecule has 0 aliphatic carbocycles. The number of nitrogens with one attached hydrogen (secondary N) is 2. The van der Waals surface area contributed by atoms with Gasteiger partial charge in [0.2, 0.25) is 0 Å². The van der Waals surface area contributed by atoms with Crippen LogP contribution in [0.15, 0.2) is 18.2 Å². The van der Waals surface area contributed by atoms with E-state index in [0.717, 1.165) is 12.5 Å². The van der Waals surface area contributed by atoms with E-state index in [4.69, 9.17) is 0 Å². The Kier molecular flexibility index (Phi) is 1.78. The average Bonchev–Trinajstić information content (AvgIpc) is 2.53. The average molecular weight is 200 g/mol. The molecule has 2 aromatic rings. The van der Waals surface area contributed by atoms with Crippen molar-refractivity contribution in [3.63, 3.8) is 0 Å². The van der Waals surface area contributed by atoms with Crippen LogP contribution in [0.25, 0.3) is 10.9 Å². The number of anilines is 1. The van der Waals surface area contributed by atoms with Gasteiger partial charge in [-0.3, -0.25) is 0 Å². The highest BCUT2D eigenvalue weighted by molar-refractivity contribution is 5.86. The molecule has 2 nitrogen and oxygen atoms in total. The maximum absolute atomic E-state index is 3.50. The van der Waals surface area contributed by atoms with Crippen LogP contribution in [0.3, 0.4) is 0 Å². The first kappa shape index (κ1) is 8.84. The Hall–Kier alpha value is -1.44. The van der Waals surface area contributed by atoms with E-state index in [-0.39, 0.29) is 0 Å². The first-order valence-electron chi connectivity index (χ1n) is 5.58. The van der Waals surface area contributed by atoms with Crippen LogP contribution in [0.1, 0.15) is 18.2 Å². The number of aromatic amines is 1. The van der Waals surface area contributed by atoms with Crippen LogP contribution in [0, 0.1) is 12.8 Å². The molecule has 1 atom stereocenters. The zero-order chi connectivity index (χ0) is 10.4. The van der Waals surface area contributed by atoms with Crippen LogP contribution < -0.4 is 5.32 Å². The molecule has 0 bridgehead atoms. The number of aryl methyl sites for hydroxylation is 1. The number of aromatic nitrogens is 1. The van der Waals surface area contributed by atoms with Gasteiger partial charge in [-0.05, 0) is 43.0 Å². The van der Waals surface area contributed by atoms with Crippen molar-refractivity contribution in [3.05, 3.63) is 29.5 Å². The molecule has 3 rings (SSSR count). The van der Waals surface area contributed by atoms with Gasteiger partial charge in [0.05, 0.1) is 0 Å². The van der Waals surface area contributed by atoms with E-state index in [1.807, 2.05) is 0 Å². The van der Waals surface area contributed by atoms with E-state index < -0.39 is 0 Å². The second kappa shape index (κ2) is 3.02. The maximum Gasteiger partial charge on any atom is 0.0460 e. The SMILES string of the molecule is Cc1cc2cc3c(cc2[nH]1)C[C@H](C)CN3. The van der Waals surface area contributed by atoms with Gasteiger partial charge in [0.25, 0.3) is 0 Å². The molecule has 1 aromatic heterocycles. The third-order valence-electron chi connectivity index (χ3n) is 3.19. The zero-order valence-electron chi connectivity index (χ0n) is 9.22. The minimum atomic E-state index is 0.742. The summed E-state index contributed by atoms with van der Waals surface area (Å²) in [4.78, 5) is 3.40. The van der Waals surface area contributed by atoms with Crippen LogP contribution in [0.4, 0.5) is 5.69 Å². The summed E-state index contributed by atoms with van der Waals surface area (Å²) in [7, 11) is 0. The molecule has 0 radical (unpaired) electrons. The second-order valence-corrected chi connectivity index (χ2v) is 4.74. The fourth-order valence-corrected chi connectivity index (χ4v) is 2.44. The maximum atomic E-state index is 3.50. The van der Waals surface area contributed by atoms with Crippen molar-refractivity contribution in [2.45, 2.75) is 20.3 Å². The quantitative estimate of drug-likeness (QED) is 0.672. The number of hydrogen-bond donors (Lipinski definition) is 2. The highest BCUT2D eigenvalue weighted by Gasteiger charge is 2.15. The molecule has 2 heterocycles. The van der Waals surface area contributed by atoms with Gasteiger partial charge in [0, 0.05) is 28.8 Å². The van der Waals surface area contributed by atoms with Crippen LogP contribution in [0.5, 0.6) is 0 Å². The van der Waals surface area contributed by atoms with E-state index in [1.54, 1.807) is 0 Å². The van der Waals surface area contributed by atoms with Gasteiger partial charge in [-0.1, -0.05) is 6.92 Å². The van der Waals surface area contributed by atoms with E-state index >= 15 is 0 Å². The molecule has 78 valence electrons. The number of H-pyrrole nitrogens is 1. The van der Waals surface area contributed by atoms with Gasteiger partial charge >= 0.3 is 0 Å². The van der Waals surface area contributed by atoms with E-state index in [1.165, 1.54) is 34.3 Å². The van der Waals surface area contributed by atoms with E-state index in [2.05, 4.69) is 42.3 Å². The van der Waals surface area contributed by atoms with Crippen molar-refractivity contribution in [2.75, 3.05) is 11.9 Å². The lowest BCUT2D eigenvalue weighted by Crippen LogP contribution is -2.20. The van der Waals surface area contributed by atoms with Crippen molar-refractivity contribution in [1.29, 1.82) is 0 Å². The smallest absolute Gasteiger partial charge is 0.0460 e. The first-order valence-corrected chi connectivity index (χ1v) is 5.58. The molecule has 1 aromatic carbocycles. The van der Waals surface area contributed by atoms with Crippen molar-refractivity contribution in [2.24, 2.45) is 5.92 Å². The molecular formula is C13H16N2. The molecule has 0 amide bonds. The summed E-state index contributed by atoms with van der Waals surface area (Å²) >= 11 is 0. The molecule has 0 saturated carbocycles. The minimum Gasteiger partial charge on any atom is -0.385 e. The van der Waals surface area contributed by atoms with Crippen molar-refractivity contribution >= 4 is 16.6 Å². The third-order valence-corrected chi connectivity index (χ3v) is 3.19. The summed E-state index contributed by atoms with van der Waals surface area (Å²) in [5, 5.41) is 4.81. The molecule has 1 aliphatic rings. The minimum absolute atomic E-state index is 0.742. The number of rotatable bonds is 0. The van der Waals surface area contributed by atoms with E-state index in [0.29, 0.717) is 0 Å². The van der Waals surface area contributed by atoms with Crippen molar-refractivity contribution in [1.82, 2.24) is 4.98 Å². The van der Waals surface area contributed by atoms with Crippen LogP contribution >= 0.6 is 0 Å². The Labute approximate surface area is 89.7 Å². The molecule has 0 spiro atoms. The summed E-state index contributed by atoms with van der Waals surface area (Å²) in [6.07, 6.45) is 1.19. The van der Waals surface area contributed by atoms with Crippen LogP contribution in [-0.2, 0) is 6.42 Å². The fraction of sp³-hybridized carbons (Fsp3) is 0.385. The Balaban J connectivity index is 2.19. The van der Waals surface area contributed by atoms with Gasteiger partial charge in [0.15, 0.2) is 0 Å². The number of fused-ring (bicyclic) bond motifs is 2. The van der Waals surface area contributed by atoms with Crippen molar-refractivity contribution in [3.8, 4) is 0 Å². The third kappa shape index (κ3) is 1.41. The Bertz CT molecular complexity index is 510. The highest BCUT2D eigenvalue weighted by Crippen LogP contribution is 2.29. The first-order chi connectivity index (χ1) is 7.22. The lowest BCUT2D eigenvalue weighted by Gasteiger charge is -2.23. The predicted octanol–water partition coefficient (Wildman–Crippen LogP) is 3.08.